The van der Waals surface area contributed by atoms with Crippen molar-refractivity contribution in [1.82, 2.24) is 10.2 Å². The molecule has 1 aliphatic heterocycles. The van der Waals surface area contributed by atoms with Crippen LogP contribution in [0, 0.1) is 11.7 Å². The van der Waals surface area contributed by atoms with E-state index in [1.807, 2.05) is 6.07 Å². The molecule has 1 N–H and O–H groups in total. The van der Waals surface area contributed by atoms with Crippen molar-refractivity contribution in [3.05, 3.63) is 35.6 Å². The van der Waals surface area contributed by atoms with E-state index in [1.165, 1.54) is 38.4 Å². The van der Waals surface area contributed by atoms with E-state index in [0.717, 1.165) is 31.0 Å². The Labute approximate surface area is 116 Å². The lowest BCUT2D eigenvalue weighted by Gasteiger charge is -2.25. The molecule has 1 aromatic carbocycles. The third kappa shape index (κ3) is 5.29. The van der Waals surface area contributed by atoms with Crippen molar-refractivity contribution < 1.29 is 4.39 Å². The number of hydrogen-bond donors (Lipinski definition) is 1. The van der Waals surface area contributed by atoms with Crippen LogP contribution in [-0.2, 0) is 6.42 Å². The number of likely N-dealkylation sites (N-methyl/N-ethyl adjacent to an activating group) is 1. The molecular weight excluding hydrogens is 239 g/mol. The highest BCUT2D eigenvalue weighted by atomic mass is 19.1. The standard InChI is InChI=1S/C16H25FN2/c1-19(11-8-15-5-3-9-18-13-15)10-7-14-4-2-6-16(17)12-14/h2,4,6,12,15,18H,3,5,7-11,13H2,1H3. The molecule has 0 saturated carbocycles. The van der Waals surface area contributed by atoms with E-state index in [1.54, 1.807) is 12.1 Å². The molecule has 0 amide bonds. The summed E-state index contributed by atoms with van der Waals surface area (Å²) < 4.78 is 13.1. The third-order valence-electron chi connectivity index (χ3n) is 3.99. The van der Waals surface area contributed by atoms with Crippen LogP contribution in [0.4, 0.5) is 4.39 Å². The van der Waals surface area contributed by atoms with Crippen LogP contribution in [0.5, 0.6) is 0 Å². The SMILES string of the molecule is CN(CCc1cccc(F)c1)CCC1CCCNC1. The Kier molecular flexibility index (Phi) is 5.80. The van der Waals surface area contributed by atoms with Gasteiger partial charge in [-0.25, -0.2) is 4.39 Å². The Morgan fingerprint density at radius 1 is 1.37 bits per heavy atom. The maximum atomic E-state index is 13.1. The van der Waals surface area contributed by atoms with Crippen LogP contribution in [-0.4, -0.2) is 38.1 Å². The molecule has 0 aromatic heterocycles. The second-order valence-electron chi connectivity index (χ2n) is 5.68. The summed E-state index contributed by atoms with van der Waals surface area (Å²) in [5.74, 6) is 0.707. The second kappa shape index (κ2) is 7.61. The maximum Gasteiger partial charge on any atom is 0.123 e. The molecule has 1 unspecified atom stereocenters. The Hall–Kier alpha value is -0.930. The molecule has 0 spiro atoms. The molecule has 1 heterocycles. The molecular formula is C16H25FN2. The topological polar surface area (TPSA) is 15.3 Å². The van der Waals surface area contributed by atoms with Gasteiger partial charge in [0.15, 0.2) is 0 Å². The van der Waals surface area contributed by atoms with Crippen molar-refractivity contribution in [2.24, 2.45) is 5.92 Å². The summed E-state index contributed by atoms with van der Waals surface area (Å²) >= 11 is 0. The van der Waals surface area contributed by atoms with Crippen molar-refractivity contribution in [3.8, 4) is 0 Å². The van der Waals surface area contributed by atoms with Crippen LogP contribution in [0.15, 0.2) is 24.3 Å². The van der Waals surface area contributed by atoms with Crippen molar-refractivity contribution >= 4 is 0 Å². The molecule has 1 aliphatic rings. The minimum Gasteiger partial charge on any atom is -0.316 e. The Bertz CT molecular complexity index is 375. The van der Waals surface area contributed by atoms with E-state index in [2.05, 4.69) is 17.3 Å². The van der Waals surface area contributed by atoms with Gasteiger partial charge >= 0.3 is 0 Å². The summed E-state index contributed by atoms with van der Waals surface area (Å²) in [6, 6.07) is 6.93. The Morgan fingerprint density at radius 3 is 3.00 bits per heavy atom. The number of nitrogens with zero attached hydrogens (tertiary/aromatic N) is 1. The van der Waals surface area contributed by atoms with Crippen molar-refractivity contribution in [3.63, 3.8) is 0 Å². The Balaban J connectivity index is 1.65. The summed E-state index contributed by atoms with van der Waals surface area (Å²) in [7, 11) is 2.16. The van der Waals surface area contributed by atoms with Crippen LogP contribution >= 0.6 is 0 Å². The zero-order chi connectivity index (χ0) is 13.5. The van der Waals surface area contributed by atoms with Gasteiger partial charge in [0.2, 0.25) is 0 Å². The van der Waals surface area contributed by atoms with Gasteiger partial charge < -0.3 is 10.2 Å². The smallest absolute Gasteiger partial charge is 0.123 e. The van der Waals surface area contributed by atoms with E-state index in [-0.39, 0.29) is 5.82 Å². The van der Waals surface area contributed by atoms with Crippen LogP contribution < -0.4 is 5.32 Å². The van der Waals surface area contributed by atoms with Gasteiger partial charge in [-0.3, -0.25) is 0 Å². The molecule has 1 atom stereocenters. The van der Waals surface area contributed by atoms with Crippen molar-refractivity contribution in [1.29, 1.82) is 0 Å². The van der Waals surface area contributed by atoms with Gasteiger partial charge in [0.25, 0.3) is 0 Å². The fraction of sp³-hybridized carbons (Fsp3) is 0.625. The van der Waals surface area contributed by atoms with Crippen LogP contribution in [0.1, 0.15) is 24.8 Å². The summed E-state index contributed by atoms with van der Waals surface area (Å²) in [4.78, 5) is 2.36. The van der Waals surface area contributed by atoms with Crippen molar-refractivity contribution in [2.45, 2.75) is 25.7 Å². The molecule has 2 rings (SSSR count). The van der Waals surface area contributed by atoms with Gasteiger partial charge in [0, 0.05) is 6.54 Å². The molecule has 19 heavy (non-hydrogen) atoms. The lowest BCUT2D eigenvalue weighted by atomic mass is 9.96. The van der Waals surface area contributed by atoms with Crippen molar-refractivity contribution in [2.75, 3.05) is 33.2 Å². The highest BCUT2D eigenvalue weighted by Crippen LogP contribution is 2.14. The minimum atomic E-state index is -0.131. The van der Waals surface area contributed by atoms with Gasteiger partial charge in [-0.1, -0.05) is 12.1 Å². The average Bonchev–Trinajstić information content (AvgIpc) is 2.44. The molecule has 1 fully saturated rings. The first-order valence-electron chi connectivity index (χ1n) is 7.38. The Morgan fingerprint density at radius 2 is 2.26 bits per heavy atom. The van der Waals surface area contributed by atoms with Crippen LogP contribution in [0.3, 0.4) is 0 Å². The van der Waals surface area contributed by atoms with Gasteiger partial charge in [0.05, 0.1) is 0 Å². The third-order valence-corrected chi connectivity index (χ3v) is 3.99. The number of halogens is 1. The highest BCUT2D eigenvalue weighted by molar-refractivity contribution is 5.16. The molecule has 0 radical (unpaired) electrons. The predicted octanol–water partition coefficient (Wildman–Crippen LogP) is 2.69. The summed E-state index contributed by atoms with van der Waals surface area (Å²) in [6.45, 7) is 4.51. The van der Waals surface area contributed by atoms with E-state index in [4.69, 9.17) is 0 Å². The number of benzene rings is 1. The maximum absolute atomic E-state index is 13.1. The first-order chi connectivity index (χ1) is 9.24. The fourth-order valence-corrected chi connectivity index (χ4v) is 2.70. The highest BCUT2D eigenvalue weighted by Gasteiger charge is 2.13. The van der Waals surface area contributed by atoms with E-state index < -0.39 is 0 Å². The zero-order valence-corrected chi connectivity index (χ0v) is 11.9. The normalized spacial score (nSPS) is 19.8. The zero-order valence-electron chi connectivity index (χ0n) is 11.9. The number of rotatable bonds is 6. The fourth-order valence-electron chi connectivity index (χ4n) is 2.70. The molecule has 2 nitrogen and oxygen atoms in total. The number of hydrogen-bond acceptors (Lipinski definition) is 2. The predicted molar refractivity (Wildman–Crippen MR) is 77.8 cm³/mol. The summed E-state index contributed by atoms with van der Waals surface area (Å²) in [5.41, 5.74) is 1.09. The first kappa shape index (κ1) is 14.5. The molecule has 106 valence electrons. The van der Waals surface area contributed by atoms with Crippen LogP contribution in [0.25, 0.3) is 0 Å². The average molecular weight is 264 g/mol. The molecule has 1 aromatic rings. The lowest BCUT2D eigenvalue weighted by Crippen LogP contribution is -2.32. The van der Waals surface area contributed by atoms with E-state index in [0.29, 0.717) is 0 Å². The largest absolute Gasteiger partial charge is 0.316 e. The van der Waals surface area contributed by atoms with Gasteiger partial charge in [-0.2, -0.15) is 0 Å². The molecule has 3 heteroatoms. The number of nitrogens with one attached hydrogen (secondary N) is 1. The molecule has 0 aliphatic carbocycles. The first-order valence-corrected chi connectivity index (χ1v) is 7.38. The lowest BCUT2D eigenvalue weighted by molar-refractivity contribution is 0.275. The van der Waals surface area contributed by atoms with Gasteiger partial charge in [-0.05, 0) is 76.0 Å². The summed E-state index contributed by atoms with van der Waals surface area (Å²) in [5, 5.41) is 3.46. The van der Waals surface area contributed by atoms with Gasteiger partial charge in [-0.15, -0.1) is 0 Å². The van der Waals surface area contributed by atoms with Gasteiger partial charge in [0.1, 0.15) is 5.82 Å². The number of piperidine rings is 1. The molecule has 1 saturated heterocycles. The molecule has 0 bridgehead atoms. The second-order valence-corrected chi connectivity index (χ2v) is 5.68. The summed E-state index contributed by atoms with van der Waals surface area (Å²) in [6.07, 6.45) is 4.88. The van der Waals surface area contributed by atoms with Crippen LogP contribution in [0.2, 0.25) is 0 Å². The monoisotopic (exact) mass is 264 g/mol. The quantitative estimate of drug-likeness (QED) is 0.850. The minimum absolute atomic E-state index is 0.131. The van der Waals surface area contributed by atoms with E-state index in [9.17, 15) is 4.39 Å². The van der Waals surface area contributed by atoms with E-state index >= 15 is 0 Å².